The number of ether oxygens (including phenoxy) is 1. The highest BCUT2D eigenvalue weighted by Gasteiger charge is 2.32. The number of benzene rings is 2. The lowest BCUT2D eigenvalue weighted by Gasteiger charge is -2.28. The van der Waals surface area contributed by atoms with E-state index in [4.69, 9.17) is 4.74 Å². The number of nitrogens with one attached hydrogen (secondary N) is 2. The molecule has 2 aromatic rings. The van der Waals surface area contributed by atoms with Gasteiger partial charge in [0.2, 0.25) is 0 Å². The number of rotatable bonds is 3. The van der Waals surface area contributed by atoms with E-state index in [1.807, 2.05) is 6.07 Å². The number of carbonyl (C=O) groups excluding carboxylic acids is 2. The molecule has 6 nitrogen and oxygen atoms in total. The van der Waals surface area contributed by atoms with E-state index in [0.717, 1.165) is 0 Å². The molecule has 122 valence electrons. The van der Waals surface area contributed by atoms with Crippen LogP contribution >= 0.6 is 0 Å². The van der Waals surface area contributed by atoms with Crippen LogP contribution in [0.3, 0.4) is 0 Å². The van der Waals surface area contributed by atoms with Gasteiger partial charge >= 0.3 is 12.0 Å². The molecule has 1 heterocycles. The van der Waals surface area contributed by atoms with E-state index in [0.29, 0.717) is 17.0 Å². The van der Waals surface area contributed by atoms with E-state index < -0.39 is 18.0 Å². The Balaban J connectivity index is 1.96. The van der Waals surface area contributed by atoms with Crippen LogP contribution in [-0.4, -0.2) is 17.1 Å². The van der Waals surface area contributed by atoms with Gasteiger partial charge in [-0.05, 0) is 36.8 Å². The number of para-hydroxylation sites is 1. The summed E-state index contributed by atoms with van der Waals surface area (Å²) in [4.78, 5) is 24.4. The van der Waals surface area contributed by atoms with Crippen LogP contribution < -0.4 is 15.4 Å². The number of allylic oxidation sites excluding steroid dienone is 1. The second-order valence-corrected chi connectivity index (χ2v) is 5.37. The predicted octanol–water partition coefficient (Wildman–Crippen LogP) is 2.63. The summed E-state index contributed by atoms with van der Waals surface area (Å²) in [6.07, 6.45) is 0. The summed E-state index contributed by atoms with van der Waals surface area (Å²) in [6, 6.07) is 13.9. The van der Waals surface area contributed by atoms with E-state index in [9.17, 15) is 14.7 Å². The van der Waals surface area contributed by atoms with Gasteiger partial charge in [-0.3, -0.25) is 0 Å². The first-order valence-corrected chi connectivity index (χ1v) is 7.39. The Morgan fingerprint density at radius 2 is 1.88 bits per heavy atom. The Kier molecular flexibility index (Phi) is 4.20. The molecule has 1 aliphatic heterocycles. The van der Waals surface area contributed by atoms with Gasteiger partial charge in [0.05, 0.1) is 11.6 Å². The quantitative estimate of drug-likeness (QED) is 0.598. The molecule has 1 atom stereocenters. The van der Waals surface area contributed by atoms with Gasteiger partial charge in [0.15, 0.2) is 0 Å². The van der Waals surface area contributed by atoms with Gasteiger partial charge in [-0.25, -0.2) is 9.59 Å². The summed E-state index contributed by atoms with van der Waals surface area (Å²) in [5.41, 5.74) is 1.28. The first-order chi connectivity index (χ1) is 11.5. The van der Waals surface area contributed by atoms with Crippen LogP contribution in [0.1, 0.15) is 18.5 Å². The number of aromatic hydroxyl groups is 1. The van der Waals surface area contributed by atoms with Crippen molar-refractivity contribution in [1.29, 1.82) is 0 Å². The molecule has 0 aliphatic carbocycles. The van der Waals surface area contributed by atoms with Crippen molar-refractivity contribution in [1.82, 2.24) is 10.6 Å². The minimum absolute atomic E-state index is 0.0497. The molecule has 0 aromatic heterocycles. The molecule has 0 saturated carbocycles. The average molecular weight is 324 g/mol. The highest BCUT2D eigenvalue weighted by atomic mass is 16.5. The molecule has 0 spiro atoms. The number of phenolic OH excluding ortho intramolecular Hbond substituents is 1. The maximum atomic E-state index is 12.6. The maximum Gasteiger partial charge on any atom is 0.343 e. The fourth-order valence-electron chi connectivity index (χ4n) is 2.57. The van der Waals surface area contributed by atoms with Gasteiger partial charge in [0.1, 0.15) is 11.5 Å². The van der Waals surface area contributed by atoms with Gasteiger partial charge in [-0.1, -0.05) is 30.3 Å². The van der Waals surface area contributed by atoms with Crippen molar-refractivity contribution >= 4 is 12.0 Å². The van der Waals surface area contributed by atoms with Crippen LogP contribution in [0.15, 0.2) is 65.9 Å². The number of hydrogen-bond donors (Lipinski definition) is 3. The van der Waals surface area contributed by atoms with Crippen molar-refractivity contribution in [2.24, 2.45) is 0 Å². The molecule has 2 amide bonds. The van der Waals surface area contributed by atoms with Crippen molar-refractivity contribution in [3.63, 3.8) is 0 Å². The molecule has 3 N–H and O–H groups in total. The average Bonchev–Trinajstić information content (AvgIpc) is 2.55. The molecule has 0 radical (unpaired) electrons. The van der Waals surface area contributed by atoms with Crippen molar-refractivity contribution in [3.05, 3.63) is 71.4 Å². The maximum absolute atomic E-state index is 12.6. The molecule has 0 saturated heterocycles. The Bertz CT molecular complexity index is 815. The van der Waals surface area contributed by atoms with E-state index >= 15 is 0 Å². The van der Waals surface area contributed by atoms with Gasteiger partial charge in [0.25, 0.3) is 0 Å². The predicted molar refractivity (Wildman–Crippen MR) is 87.3 cm³/mol. The molecule has 1 aliphatic rings. The minimum atomic E-state index is -0.706. The minimum Gasteiger partial charge on any atom is -0.508 e. The third-order valence-corrected chi connectivity index (χ3v) is 3.65. The fraction of sp³-hybridized carbons (Fsp3) is 0.111. The van der Waals surface area contributed by atoms with Crippen molar-refractivity contribution in [2.75, 3.05) is 0 Å². The fourth-order valence-corrected chi connectivity index (χ4v) is 2.57. The Morgan fingerprint density at radius 3 is 2.58 bits per heavy atom. The molecule has 24 heavy (non-hydrogen) atoms. The van der Waals surface area contributed by atoms with Crippen LogP contribution in [-0.2, 0) is 4.79 Å². The largest absolute Gasteiger partial charge is 0.508 e. The Hall–Kier alpha value is -3.28. The molecular formula is C18H16N2O4. The molecule has 6 heteroatoms. The third kappa shape index (κ3) is 3.22. The molecule has 2 aromatic carbocycles. The molecule has 0 fully saturated rings. The first kappa shape index (κ1) is 15.6. The first-order valence-electron chi connectivity index (χ1n) is 7.39. The van der Waals surface area contributed by atoms with Crippen LogP contribution in [0.4, 0.5) is 4.79 Å². The van der Waals surface area contributed by atoms with Crippen molar-refractivity contribution in [2.45, 2.75) is 13.0 Å². The molecular weight excluding hydrogens is 308 g/mol. The van der Waals surface area contributed by atoms with E-state index in [-0.39, 0.29) is 11.3 Å². The van der Waals surface area contributed by atoms with Crippen molar-refractivity contribution in [3.8, 4) is 11.5 Å². The molecule has 0 bridgehead atoms. The monoisotopic (exact) mass is 324 g/mol. The SMILES string of the molecule is CC1=C(C(=O)Oc2ccccc2)C(c2cccc(O)c2)NC(=O)N1. The summed E-state index contributed by atoms with van der Waals surface area (Å²) in [6.45, 7) is 1.64. The van der Waals surface area contributed by atoms with E-state index in [2.05, 4.69) is 10.6 Å². The molecule has 1 unspecified atom stereocenters. The van der Waals surface area contributed by atoms with Crippen molar-refractivity contribution < 1.29 is 19.4 Å². The van der Waals surface area contributed by atoms with Crippen LogP contribution in [0.5, 0.6) is 11.5 Å². The second-order valence-electron chi connectivity index (χ2n) is 5.37. The second kappa shape index (κ2) is 6.45. The summed E-state index contributed by atoms with van der Waals surface area (Å²) in [5.74, 6) is -0.109. The summed E-state index contributed by atoms with van der Waals surface area (Å²) in [5, 5.41) is 14.9. The number of esters is 1. The van der Waals surface area contributed by atoms with Gasteiger partial charge in [0, 0.05) is 5.70 Å². The zero-order valence-corrected chi connectivity index (χ0v) is 12.9. The van der Waals surface area contributed by atoms with Gasteiger partial charge < -0.3 is 20.5 Å². The lowest BCUT2D eigenvalue weighted by molar-refractivity contribution is -0.130. The normalized spacial score (nSPS) is 17.0. The smallest absolute Gasteiger partial charge is 0.343 e. The zero-order chi connectivity index (χ0) is 17.1. The van der Waals surface area contributed by atoms with Crippen LogP contribution in [0.2, 0.25) is 0 Å². The number of urea groups is 1. The number of carbonyl (C=O) groups is 2. The van der Waals surface area contributed by atoms with E-state index in [1.165, 1.54) is 12.1 Å². The number of amides is 2. The summed E-state index contributed by atoms with van der Waals surface area (Å²) < 4.78 is 5.39. The Morgan fingerprint density at radius 1 is 1.12 bits per heavy atom. The lowest BCUT2D eigenvalue weighted by atomic mass is 9.95. The summed E-state index contributed by atoms with van der Waals surface area (Å²) in [7, 11) is 0. The topological polar surface area (TPSA) is 87.7 Å². The van der Waals surface area contributed by atoms with Gasteiger partial charge in [-0.15, -0.1) is 0 Å². The highest BCUT2D eigenvalue weighted by Crippen LogP contribution is 2.29. The van der Waals surface area contributed by atoms with Crippen LogP contribution in [0, 0.1) is 0 Å². The molecule has 3 rings (SSSR count). The number of hydrogen-bond acceptors (Lipinski definition) is 4. The third-order valence-electron chi connectivity index (χ3n) is 3.65. The van der Waals surface area contributed by atoms with Gasteiger partial charge in [-0.2, -0.15) is 0 Å². The highest BCUT2D eigenvalue weighted by molar-refractivity contribution is 5.96. The Labute approximate surface area is 138 Å². The zero-order valence-electron chi connectivity index (χ0n) is 12.9. The van der Waals surface area contributed by atoms with Crippen LogP contribution in [0.25, 0.3) is 0 Å². The lowest BCUT2D eigenvalue weighted by Crippen LogP contribution is -2.45. The standard InChI is InChI=1S/C18H16N2O4/c1-11-15(17(22)24-14-8-3-2-4-9-14)16(20-18(23)19-11)12-6-5-7-13(21)10-12/h2-10,16,21H,1H3,(H2,19,20,23). The summed E-state index contributed by atoms with van der Waals surface area (Å²) >= 11 is 0. The van der Waals surface area contributed by atoms with E-state index in [1.54, 1.807) is 43.3 Å². The number of phenols is 1.